The van der Waals surface area contributed by atoms with Gasteiger partial charge in [-0.3, -0.25) is 0 Å². The molecule has 0 atom stereocenters. The van der Waals surface area contributed by atoms with E-state index in [2.05, 4.69) is 4.86 Å². The molecule has 0 radical (unpaired) electrons. The second-order valence-electron chi connectivity index (χ2n) is 2.40. The van der Waals surface area contributed by atoms with Crippen LogP contribution in [-0.4, -0.2) is 0 Å². The Morgan fingerprint density at radius 3 is 1.29 bits per heavy atom. The largest absolute Gasteiger partial charge is 0.226 e. The quantitative estimate of drug-likeness (QED) is 0.448. The van der Waals surface area contributed by atoms with Crippen molar-refractivity contribution in [2.45, 2.75) is 0 Å². The molecule has 14 heteroatoms. The summed E-state index contributed by atoms with van der Waals surface area (Å²) in [5, 5.41) is 0. The highest BCUT2D eigenvalue weighted by atomic mass is 34.0. The van der Waals surface area contributed by atoms with Gasteiger partial charge in [-0.25, -0.2) is 4.86 Å². The van der Waals surface area contributed by atoms with Crippen LogP contribution in [0.3, 0.4) is 0 Å². The molecule has 4 bridgehead atoms. The molecule has 4 aliphatic heterocycles. The van der Waals surface area contributed by atoms with E-state index in [1.54, 1.807) is 0 Å². The molecule has 4 fully saturated rings. The van der Waals surface area contributed by atoms with E-state index in [1.807, 2.05) is 55.0 Å². The number of hydrogen-bond acceptors (Lipinski definition) is 9. The van der Waals surface area contributed by atoms with Gasteiger partial charge < -0.3 is 0 Å². The first-order chi connectivity index (χ1) is 6.24. The van der Waals surface area contributed by atoms with Crippen LogP contribution in [-0.2, 0) is 47.2 Å². The normalized spacial score (nSPS) is 65.7. The lowest BCUT2D eigenvalue weighted by Crippen LogP contribution is -2.06. The minimum absolute atomic E-state index is 1.45. The van der Waals surface area contributed by atoms with Gasteiger partial charge in [-0.1, -0.05) is 47.2 Å². The van der Waals surface area contributed by atoms with Crippen molar-refractivity contribution in [3.63, 3.8) is 0 Å². The molecule has 4 aliphatic rings. The summed E-state index contributed by atoms with van der Waals surface area (Å²) in [6.45, 7) is 0. The lowest BCUT2D eigenvalue weighted by molar-refractivity contribution is 1.75. The van der Waals surface area contributed by atoms with Crippen molar-refractivity contribution in [3.8, 4) is 0 Å². The summed E-state index contributed by atoms with van der Waals surface area (Å²) in [4.78, 5) is 3.53. The number of hydrogen-bond donors (Lipinski definition) is 1. The smallest absolute Gasteiger partial charge is 0.135 e. The van der Waals surface area contributed by atoms with Crippen LogP contribution in [0.15, 0.2) is 0 Å². The van der Waals surface area contributed by atoms with Crippen LogP contribution in [0.1, 0.15) is 0 Å². The minimum Gasteiger partial charge on any atom is -0.226 e. The van der Waals surface area contributed by atoms with Crippen molar-refractivity contribution < 1.29 is 0 Å². The SMILES string of the molecule is S=P12NP3(=S)SP(=S)(S1)SP(=S)(S2)S3. The molecule has 0 aromatic carbocycles. The average molecular weight is 428 g/mol. The monoisotopic (exact) mass is 427 g/mol. The second-order valence-corrected chi connectivity index (χ2v) is 53.1. The van der Waals surface area contributed by atoms with Crippen LogP contribution in [0, 0.1) is 0 Å². The summed E-state index contributed by atoms with van der Waals surface area (Å²) < 4.78 is -6.06. The lowest BCUT2D eigenvalue weighted by atomic mass is 13.9. The number of nitrogens with one attached hydrogen (secondary N) is 1. The van der Waals surface area contributed by atoms with E-state index in [0.717, 1.165) is 0 Å². The first-order valence-corrected chi connectivity index (χ1v) is 24.3. The molecule has 1 nitrogen and oxygen atoms in total. The summed E-state index contributed by atoms with van der Waals surface area (Å²) >= 11 is 32.1. The molecule has 1 N–H and O–H groups in total. The van der Waals surface area contributed by atoms with Crippen molar-refractivity contribution in [1.29, 1.82) is 0 Å². The van der Waals surface area contributed by atoms with E-state index in [4.69, 9.17) is 47.2 Å². The zero-order chi connectivity index (χ0) is 10.2. The number of rotatable bonds is 0. The van der Waals surface area contributed by atoms with Crippen LogP contribution in [0.5, 0.6) is 0 Å². The van der Waals surface area contributed by atoms with Gasteiger partial charge in [0, 0.05) is 0 Å². The van der Waals surface area contributed by atoms with Gasteiger partial charge in [-0.2, -0.15) is 0 Å². The van der Waals surface area contributed by atoms with Gasteiger partial charge >= 0.3 is 0 Å². The van der Waals surface area contributed by atoms with Gasteiger partial charge in [0.05, 0.1) is 0 Å². The van der Waals surface area contributed by atoms with E-state index in [1.165, 1.54) is 0 Å². The maximum absolute atomic E-state index is 5.72. The highest BCUT2D eigenvalue weighted by Gasteiger charge is 2.59. The Morgan fingerprint density at radius 1 is 0.643 bits per heavy atom. The second kappa shape index (κ2) is 3.91. The molecule has 4 rings (SSSR count). The van der Waals surface area contributed by atoms with Gasteiger partial charge in [0.15, 0.2) is 0 Å². The Kier molecular flexibility index (Phi) is 3.72. The minimum atomic E-state index is -1.58. The first-order valence-electron chi connectivity index (χ1n) is 3.00. The molecule has 14 heavy (non-hydrogen) atoms. The molecule has 0 aromatic heterocycles. The zero-order valence-corrected chi connectivity index (χ0v) is 16.9. The van der Waals surface area contributed by atoms with Crippen LogP contribution < -0.4 is 4.86 Å². The van der Waals surface area contributed by atoms with Gasteiger partial charge in [0.1, 0.15) is 16.5 Å². The van der Waals surface area contributed by atoms with Crippen LogP contribution in [0.25, 0.3) is 0 Å². The van der Waals surface area contributed by atoms with Gasteiger partial charge in [-0.05, 0) is 55.0 Å². The van der Waals surface area contributed by atoms with E-state index < -0.39 is 16.5 Å². The third kappa shape index (κ3) is 2.35. The maximum Gasteiger partial charge on any atom is 0.135 e. The van der Waals surface area contributed by atoms with Gasteiger partial charge in [-0.15, -0.1) is 0 Å². The molecule has 0 spiro atoms. The fourth-order valence-corrected chi connectivity index (χ4v) is 172. The molecule has 0 saturated carbocycles. The van der Waals surface area contributed by atoms with Gasteiger partial charge in [0.25, 0.3) is 0 Å². The van der Waals surface area contributed by atoms with Crippen molar-refractivity contribution in [2.75, 3.05) is 0 Å². The molecule has 0 aliphatic carbocycles. The van der Waals surface area contributed by atoms with E-state index in [9.17, 15) is 0 Å². The van der Waals surface area contributed by atoms with E-state index in [-0.39, 0.29) is 0 Å². The van der Waals surface area contributed by atoms with Gasteiger partial charge in [0.2, 0.25) is 0 Å². The summed E-state index contributed by atoms with van der Waals surface area (Å²) in [7, 11) is 0. The summed E-state index contributed by atoms with van der Waals surface area (Å²) in [6, 6.07) is 0. The average Bonchev–Trinajstić information content (AvgIpc) is 1.67. The zero-order valence-electron chi connectivity index (χ0n) is 5.96. The summed E-state index contributed by atoms with van der Waals surface area (Å²) in [5.74, 6) is 0. The molecule has 0 aromatic rings. The third-order valence-corrected chi connectivity index (χ3v) is 81.2. The Labute approximate surface area is 122 Å². The maximum atomic E-state index is 5.72. The Morgan fingerprint density at radius 2 is 1.00 bits per heavy atom. The van der Waals surface area contributed by atoms with E-state index >= 15 is 0 Å². The molecular weight excluding hydrogens is 427 g/mol. The molecule has 0 amide bonds. The molecule has 0 unspecified atom stereocenters. The predicted molar refractivity (Wildman–Crippen MR) is 98.2 cm³/mol. The molecular formula is HNP4S9. The predicted octanol–water partition coefficient (Wildman–Crippen LogP) is 6.18. The van der Waals surface area contributed by atoms with Crippen molar-refractivity contribution >= 4 is 119 Å². The summed E-state index contributed by atoms with van der Waals surface area (Å²) in [5.41, 5.74) is 0. The Bertz CT molecular complexity index is 348. The van der Waals surface area contributed by atoms with Crippen molar-refractivity contribution in [3.05, 3.63) is 0 Å². The first kappa shape index (κ1) is 13.3. The van der Waals surface area contributed by atoms with Crippen LogP contribution in [0.2, 0.25) is 0 Å². The topological polar surface area (TPSA) is 12.0 Å². The van der Waals surface area contributed by atoms with Crippen LogP contribution in [0.4, 0.5) is 0 Å². The van der Waals surface area contributed by atoms with Crippen molar-refractivity contribution in [2.24, 2.45) is 0 Å². The summed E-state index contributed by atoms with van der Waals surface area (Å²) in [6.07, 6.45) is 0. The van der Waals surface area contributed by atoms with Crippen LogP contribution >= 0.6 is 71.5 Å². The standard InChI is InChI=1S/HNP4S9/c6-2-1-3(7)12-4(8,10-2)14-5(9,11-2)13-3/h(H,1,6,7). The van der Waals surface area contributed by atoms with E-state index in [0.29, 0.717) is 0 Å². The molecule has 4 saturated heterocycles. The molecule has 80 valence electrons. The fraction of sp³-hybridized carbons (Fsp3) is 0. The Balaban J connectivity index is 2.27. The fourth-order valence-electron chi connectivity index (χ4n) is 0.991. The Hall–Kier alpha value is 4.31. The van der Waals surface area contributed by atoms with Crippen molar-refractivity contribution in [1.82, 2.24) is 4.86 Å². The highest BCUT2D eigenvalue weighted by molar-refractivity contribution is 9.71. The third-order valence-electron chi connectivity index (χ3n) is 1.27. The molecule has 4 heterocycles. The highest BCUT2D eigenvalue weighted by Crippen LogP contribution is 3.23. The lowest BCUT2D eigenvalue weighted by Gasteiger charge is -2.52.